The summed E-state index contributed by atoms with van der Waals surface area (Å²) in [7, 11) is 0. The minimum Gasteiger partial charge on any atom is -0.350 e. The molecule has 2 amide bonds. The third-order valence-corrected chi connectivity index (χ3v) is 6.40. The molecule has 0 aliphatic heterocycles. The lowest BCUT2D eigenvalue weighted by Gasteiger charge is -2.42. The SMILES string of the molecule is CC(N)CNC(=O)c1cn2c(C(=O)NCC3CCCC(C)(C)C3C)cccc2n1. The standard InChI is InChI=1S/C22H33N5O2/c1-14(23)11-24-20(28)17-13-27-18(8-5-9-19(27)26-17)21(29)25-12-16-7-6-10-22(3,4)15(16)2/h5,8-9,13-16H,6-7,10-12,23H2,1-4H3,(H,24,28)(H,25,29). The lowest BCUT2D eigenvalue weighted by molar-refractivity contribution is 0.0785. The smallest absolute Gasteiger partial charge is 0.271 e. The Hall–Kier alpha value is -2.41. The van der Waals surface area contributed by atoms with Crippen LogP contribution in [0.4, 0.5) is 0 Å². The topological polar surface area (TPSA) is 102 Å². The summed E-state index contributed by atoms with van der Waals surface area (Å²) in [5.74, 6) is 0.590. The first-order chi connectivity index (χ1) is 13.7. The van der Waals surface area contributed by atoms with Crippen molar-refractivity contribution in [1.29, 1.82) is 0 Å². The van der Waals surface area contributed by atoms with E-state index >= 15 is 0 Å². The average Bonchev–Trinajstić information content (AvgIpc) is 3.11. The highest BCUT2D eigenvalue weighted by Crippen LogP contribution is 2.43. The number of aromatic nitrogens is 2. The monoisotopic (exact) mass is 399 g/mol. The van der Waals surface area contributed by atoms with E-state index in [1.807, 2.05) is 6.92 Å². The molecule has 0 radical (unpaired) electrons. The van der Waals surface area contributed by atoms with Gasteiger partial charge in [0.2, 0.25) is 0 Å². The Morgan fingerprint density at radius 3 is 2.79 bits per heavy atom. The summed E-state index contributed by atoms with van der Waals surface area (Å²) in [6.45, 7) is 9.78. The van der Waals surface area contributed by atoms with Crippen molar-refractivity contribution < 1.29 is 9.59 Å². The van der Waals surface area contributed by atoms with E-state index in [1.54, 1.807) is 28.8 Å². The van der Waals surface area contributed by atoms with Crippen LogP contribution in [0.3, 0.4) is 0 Å². The number of carbonyl (C=O) groups excluding carboxylic acids is 2. The molecule has 7 nitrogen and oxygen atoms in total. The Balaban J connectivity index is 1.72. The van der Waals surface area contributed by atoms with E-state index in [4.69, 9.17) is 5.73 Å². The van der Waals surface area contributed by atoms with Crippen molar-refractivity contribution in [2.24, 2.45) is 23.0 Å². The second kappa shape index (κ2) is 8.53. The molecular weight excluding hydrogens is 366 g/mol. The van der Waals surface area contributed by atoms with Gasteiger partial charge in [-0.05, 0) is 49.1 Å². The van der Waals surface area contributed by atoms with Crippen LogP contribution in [0.1, 0.15) is 67.9 Å². The van der Waals surface area contributed by atoms with Gasteiger partial charge in [-0.25, -0.2) is 4.98 Å². The molecule has 29 heavy (non-hydrogen) atoms. The van der Waals surface area contributed by atoms with Gasteiger partial charge in [-0.15, -0.1) is 0 Å². The van der Waals surface area contributed by atoms with Gasteiger partial charge >= 0.3 is 0 Å². The largest absolute Gasteiger partial charge is 0.350 e. The molecule has 3 unspecified atom stereocenters. The molecule has 0 bridgehead atoms. The van der Waals surface area contributed by atoms with E-state index in [0.29, 0.717) is 41.7 Å². The summed E-state index contributed by atoms with van der Waals surface area (Å²) in [5.41, 5.74) is 7.31. The second-order valence-electron chi connectivity index (χ2n) is 9.09. The second-order valence-corrected chi connectivity index (χ2v) is 9.09. The number of amides is 2. The fourth-order valence-electron chi connectivity index (χ4n) is 4.18. The van der Waals surface area contributed by atoms with Crippen LogP contribution in [0.15, 0.2) is 24.4 Å². The highest BCUT2D eigenvalue weighted by Gasteiger charge is 2.35. The Morgan fingerprint density at radius 2 is 2.07 bits per heavy atom. The number of fused-ring (bicyclic) bond motifs is 1. The van der Waals surface area contributed by atoms with Crippen molar-refractivity contribution in [3.8, 4) is 0 Å². The first-order valence-corrected chi connectivity index (χ1v) is 10.5. The maximum Gasteiger partial charge on any atom is 0.271 e. The number of carbonyl (C=O) groups is 2. The van der Waals surface area contributed by atoms with Gasteiger partial charge in [0.15, 0.2) is 0 Å². The van der Waals surface area contributed by atoms with Gasteiger partial charge in [0.1, 0.15) is 17.0 Å². The molecule has 2 aromatic heterocycles. The lowest BCUT2D eigenvalue weighted by Crippen LogP contribution is -2.40. The number of hydrogen-bond acceptors (Lipinski definition) is 4. The third kappa shape index (κ3) is 4.78. The van der Waals surface area contributed by atoms with E-state index in [1.165, 1.54) is 12.8 Å². The number of hydrogen-bond donors (Lipinski definition) is 3. The Bertz CT molecular complexity index is 886. The number of nitrogens with zero attached hydrogens (tertiary/aromatic N) is 2. The predicted molar refractivity (Wildman–Crippen MR) is 114 cm³/mol. The Morgan fingerprint density at radius 1 is 1.31 bits per heavy atom. The number of nitrogens with one attached hydrogen (secondary N) is 2. The molecule has 0 spiro atoms. The van der Waals surface area contributed by atoms with E-state index < -0.39 is 0 Å². The molecule has 4 N–H and O–H groups in total. The molecule has 3 atom stereocenters. The lowest BCUT2D eigenvalue weighted by atomic mass is 9.64. The van der Waals surface area contributed by atoms with Crippen LogP contribution in [0.25, 0.3) is 5.65 Å². The molecule has 1 aliphatic carbocycles. The van der Waals surface area contributed by atoms with Gasteiger partial charge in [0.05, 0.1) is 0 Å². The Kier molecular flexibility index (Phi) is 6.27. The maximum absolute atomic E-state index is 12.9. The highest BCUT2D eigenvalue weighted by molar-refractivity contribution is 5.95. The van der Waals surface area contributed by atoms with E-state index in [9.17, 15) is 9.59 Å². The zero-order chi connectivity index (χ0) is 21.2. The molecule has 0 aromatic carbocycles. The quantitative estimate of drug-likeness (QED) is 0.695. The van der Waals surface area contributed by atoms with E-state index in [0.717, 1.165) is 6.42 Å². The van der Waals surface area contributed by atoms with Crippen LogP contribution >= 0.6 is 0 Å². The van der Waals surface area contributed by atoms with Crippen molar-refractivity contribution in [2.75, 3.05) is 13.1 Å². The van der Waals surface area contributed by atoms with Crippen LogP contribution in [0, 0.1) is 17.3 Å². The first-order valence-electron chi connectivity index (χ1n) is 10.5. The van der Waals surface area contributed by atoms with Crippen LogP contribution in [-0.2, 0) is 0 Å². The molecule has 1 saturated carbocycles. The third-order valence-electron chi connectivity index (χ3n) is 6.40. The summed E-state index contributed by atoms with van der Waals surface area (Å²) < 4.78 is 1.67. The normalized spacial score (nSPS) is 22.2. The number of imidazole rings is 1. The van der Waals surface area contributed by atoms with Crippen molar-refractivity contribution in [2.45, 2.75) is 53.0 Å². The predicted octanol–water partition coefficient (Wildman–Crippen LogP) is 2.60. The molecule has 0 saturated heterocycles. The summed E-state index contributed by atoms with van der Waals surface area (Å²) in [6.07, 6.45) is 5.19. The van der Waals surface area contributed by atoms with Crippen molar-refractivity contribution in [3.63, 3.8) is 0 Å². The zero-order valence-electron chi connectivity index (χ0n) is 17.9. The van der Waals surface area contributed by atoms with Crippen LogP contribution in [-0.4, -0.2) is 40.3 Å². The summed E-state index contributed by atoms with van der Waals surface area (Å²) in [4.78, 5) is 29.5. The zero-order valence-corrected chi connectivity index (χ0v) is 17.9. The van der Waals surface area contributed by atoms with Crippen LogP contribution < -0.4 is 16.4 Å². The summed E-state index contributed by atoms with van der Waals surface area (Å²) in [6, 6.07) is 5.18. The molecule has 2 heterocycles. The molecule has 2 aromatic rings. The minimum atomic E-state index is -0.296. The fraction of sp³-hybridized carbons (Fsp3) is 0.591. The molecule has 1 fully saturated rings. The van der Waals surface area contributed by atoms with E-state index in [2.05, 4.69) is 36.4 Å². The average molecular weight is 400 g/mol. The maximum atomic E-state index is 12.9. The van der Waals surface area contributed by atoms with Gasteiger partial charge in [-0.2, -0.15) is 0 Å². The molecule has 7 heteroatoms. The molecule has 158 valence electrons. The van der Waals surface area contributed by atoms with Crippen molar-refractivity contribution in [3.05, 3.63) is 35.8 Å². The molecule has 1 aliphatic rings. The van der Waals surface area contributed by atoms with Gasteiger partial charge in [-0.3, -0.25) is 14.0 Å². The number of nitrogens with two attached hydrogens (primary N) is 1. The van der Waals surface area contributed by atoms with E-state index in [-0.39, 0.29) is 23.6 Å². The molecule has 3 rings (SSSR count). The van der Waals surface area contributed by atoms with Crippen molar-refractivity contribution in [1.82, 2.24) is 20.0 Å². The van der Waals surface area contributed by atoms with Gasteiger partial charge in [0, 0.05) is 25.3 Å². The fourth-order valence-corrected chi connectivity index (χ4v) is 4.18. The number of rotatable bonds is 6. The van der Waals surface area contributed by atoms with Crippen LogP contribution in [0.2, 0.25) is 0 Å². The van der Waals surface area contributed by atoms with Gasteiger partial charge in [-0.1, -0.05) is 33.3 Å². The first kappa shape index (κ1) is 21.3. The highest BCUT2D eigenvalue weighted by atomic mass is 16.2. The number of pyridine rings is 1. The van der Waals surface area contributed by atoms with Crippen molar-refractivity contribution >= 4 is 17.5 Å². The van der Waals surface area contributed by atoms with Crippen LogP contribution in [0.5, 0.6) is 0 Å². The minimum absolute atomic E-state index is 0.135. The van der Waals surface area contributed by atoms with Gasteiger partial charge < -0.3 is 16.4 Å². The molecular formula is C22H33N5O2. The van der Waals surface area contributed by atoms with Gasteiger partial charge in [0.25, 0.3) is 11.8 Å². The Labute approximate surface area is 172 Å². The summed E-state index contributed by atoms with van der Waals surface area (Å²) in [5, 5.41) is 5.85. The summed E-state index contributed by atoms with van der Waals surface area (Å²) >= 11 is 0.